The quantitative estimate of drug-likeness (QED) is 0.726. The number of unbranched alkanes of at least 4 members (excludes halogenated alkanes) is 2. The fraction of sp³-hybridized carbons (Fsp3) is 0.462. The lowest BCUT2D eigenvalue weighted by Gasteiger charge is -2.02. The molecule has 1 aromatic carbocycles. The molecular weight excluding hydrogens is 188 g/mol. The average Bonchev–Trinajstić information content (AvgIpc) is 2.17. The lowest BCUT2D eigenvalue weighted by Crippen LogP contribution is -1.94. The highest BCUT2D eigenvalue weighted by Crippen LogP contribution is 2.09. The van der Waals surface area contributed by atoms with E-state index in [-0.39, 0.29) is 0 Å². The number of rotatable bonds is 6. The van der Waals surface area contributed by atoms with E-state index >= 15 is 0 Å². The van der Waals surface area contributed by atoms with Gasteiger partial charge in [-0.15, -0.1) is 0 Å². The summed E-state index contributed by atoms with van der Waals surface area (Å²) < 4.78 is 0. The number of hydrogen-bond donors (Lipinski definition) is 1. The van der Waals surface area contributed by atoms with Crippen LogP contribution in [-0.4, -0.2) is 11.1 Å². The molecule has 0 amide bonds. The largest absolute Gasteiger partial charge is 0.481 e. The molecule has 1 N–H and O–H groups in total. The van der Waals surface area contributed by atoms with E-state index in [2.05, 4.69) is 31.2 Å². The number of aliphatic carboxylic acids is 1. The summed E-state index contributed by atoms with van der Waals surface area (Å²) >= 11 is 0. The number of carbonyl (C=O) groups is 1. The highest BCUT2D eigenvalue weighted by Gasteiger charge is 1.97. The smallest absolute Gasteiger partial charge is 0.303 e. The lowest BCUT2D eigenvalue weighted by atomic mass is 10.0. The highest BCUT2D eigenvalue weighted by atomic mass is 16.4. The molecule has 0 aliphatic carbocycles. The van der Waals surface area contributed by atoms with Gasteiger partial charge >= 0.3 is 5.97 Å². The van der Waals surface area contributed by atoms with Gasteiger partial charge in [0.15, 0.2) is 0 Å². The maximum atomic E-state index is 10.3. The molecule has 0 fully saturated rings. The number of hydrogen-bond acceptors (Lipinski definition) is 1. The zero-order valence-corrected chi connectivity index (χ0v) is 9.20. The van der Waals surface area contributed by atoms with Crippen LogP contribution in [0.4, 0.5) is 0 Å². The molecule has 1 rings (SSSR count). The first-order chi connectivity index (χ1) is 7.18. The van der Waals surface area contributed by atoms with Crippen molar-refractivity contribution in [2.75, 3.05) is 0 Å². The van der Waals surface area contributed by atoms with Crippen LogP contribution in [0.2, 0.25) is 0 Å². The molecule has 0 spiro atoms. The number of carboxylic acids is 1. The zero-order valence-electron chi connectivity index (χ0n) is 9.20. The molecule has 2 heteroatoms. The van der Waals surface area contributed by atoms with Crippen LogP contribution < -0.4 is 0 Å². The fourth-order valence-electron chi connectivity index (χ4n) is 1.65. The summed E-state index contributed by atoms with van der Waals surface area (Å²) in [5.74, 6) is -0.689. The van der Waals surface area contributed by atoms with Crippen molar-refractivity contribution in [2.45, 2.75) is 39.0 Å². The Balaban J connectivity index is 2.17. The van der Waals surface area contributed by atoms with Crippen LogP contribution in [0, 0.1) is 6.92 Å². The van der Waals surface area contributed by atoms with Crippen LogP contribution in [0.5, 0.6) is 0 Å². The first-order valence-electron chi connectivity index (χ1n) is 5.46. The van der Waals surface area contributed by atoms with Gasteiger partial charge in [-0.25, -0.2) is 0 Å². The molecular formula is C13H18O2. The van der Waals surface area contributed by atoms with Crippen LogP contribution >= 0.6 is 0 Å². The van der Waals surface area contributed by atoms with Gasteiger partial charge in [0, 0.05) is 6.42 Å². The summed E-state index contributed by atoms with van der Waals surface area (Å²) in [5, 5.41) is 8.47. The van der Waals surface area contributed by atoms with E-state index < -0.39 is 5.97 Å². The number of benzene rings is 1. The molecule has 0 atom stereocenters. The summed E-state index contributed by atoms with van der Waals surface area (Å²) in [4.78, 5) is 10.3. The molecule has 0 bridgehead atoms. The van der Waals surface area contributed by atoms with Crippen molar-refractivity contribution in [3.8, 4) is 0 Å². The van der Waals surface area contributed by atoms with E-state index in [0.717, 1.165) is 25.7 Å². The Hall–Kier alpha value is -1.31. The Morgan fingerprint density at radius 3 is 2.73 bits per heavy atom. The van der Waals surface area contributed by atoms with Crippen molar-refractivity contribution in [3.05, 3.63) is 35.4 Å². The summed E-state index contributed by atoms with van der Waals surface area (Å²) in [7, 11) is 0. The Kier molecular flexibility index (Phi) is 4.88. The highest BCUT2D eigenvalue weighted by molar-refractivity contribution is 5.66. The van der Waals surface area contributed by atoms with E-state index in [0.29, 0.717) is 6.42 Å². The predicted octanol–water partition coefficient (Wildman–Crippen LogP) is 3.18. The molecule has 82 valence electrons. The average molecular weight is 206 g/mol. The minimum absolute atomic E-state index is 0.299. The monoisotopic (exact) mass is 206 g/mol. The Labute approximate surface area is 90.9 Å². The van der Waals surface area contributed by atoms with Crippen molar-refractivity contribution in [3.63, 3.8) is 0 Å². The van der Waals surface area contributed by atoms with Gasteiger partial charge in [-0.2, -0.15) is 0 Å². The third-order valence-electron chi connectivity index (χ3n) is 2.44. The van der Waals surface area contributed by atoms with Gasteiger partial charge in [-0.05, 0) is 31.7 Å². The van der Waals surface area contributed by atoms with Crippen molar-refractivity contribution < 1.29 is 9.90 Å². The third kappa shape index (κ3) is 5.21. The van der Waals surface area contributed by atoms with Crippen LogP contribution in [0.25, 0.3) is 0 Å². The molecule has 0 unspecified atom stereocenters. The molecule has 0 aliphatic heterocycles. The van der Waals surface area contributed by atoms with Gasteiger partial charge in [0.1, 0.15) is 0 Å². The van der Waals surface area contributed by atoms with Gasteiger partial charge in [0.25, 0.3) is 0 Å². The molecule has 0 saturated carbocycles. The normalized spacial score (nSPS) is 10.2. The molecule has 15 heavy (non-hydrogen) atoms. The van der Waals surface area contributed by atoms with Crippen LogP contribution in [0.1, 0.15) is 36.8 Å². The van der Waals surface area contributed by atoms with Crippen molar-refractivity contribution in [1.29, 1.82) is 0 Å². The first kappa shape index (κ1) is 11.8. The van der Waals surface area contributed by atoms with Gasteiger partial charge in [0.2, 0.25) is 0 Å². The second-order valence-electron chi connectivity index (χ2n) is 3.94. The Morgan fingerprint density at radius 2 is 2.07 bits per heavy atom. The maximum Gasteiger partial charge on any atom is 0.303 e. The predicted molar refractivity (Wildman–Crippen MR) is 61.0 cm³/mol. The Bertz CT molecular complexity index is 318. The van der Waals surface area contributed by atoms with E-state index in [1.54, 1.807) is 0 Å². The zero-order chi connectivity index (χ0) is 11.1. The topological polar surface area (TPSA) is 37.3 Å². The standard InChI is InChI=1S/C13H18O2/c1-11-6-5-8-12(10-11)7-3-2-4-9-13(14)15/h5-6,8,10H,2-4,7,9H2,1H3,(H,14,15). The lowest BCUT2D eigenvalue weighted by molar-refractivity contribution is -0.137. The molecule has 0 aliphatic rings. The van der Waals surface area contributed by atoms with Crippen molar-refractivity contribution in [1.82, 2.24) is 0 Å². The van der Waals surface area contributed by atoms with Gasteiger partial charge in [-0.3, -0.25) is 4.79 Å². The second-order valence-corrected chi connectivity index (χ2v) is 3.94. The van der Waals surface area contributed by atoms with E-state index in [9.17, 15) is 4.79 Å². The molecule has 2 nitrogen and oxygen atoms in total. The maximum absolute atomic E-state index is 10.3. The minimum Gasteiger partial charge on any atom is -0.481 e. The SMILES string of the molecule is Cc1cccc(CCCCCC(=O)O)c1. The summed E-state index contributed by atoms with van der Waals surface area (Å²) in [6.07, 6.45) is 4.23. The van der Waals surface area contributed by atoms with Gasteiger partial charge in [-0.1, -0.05) is 36.2 Å². The Morgan fingerprint density at radius 1 is 1.27 bits per heavy atom. The van der Waals surface area contributed by atoms with E-state index in [1.165, 1.54) is 11.1 Å². The van der Waals surface area contributed by atoms with Gasteiger partial charge in [0.05, 0.1) is 0 Å². The van der Waals surface area contributed by atoms with E-state index in [1.807, 2.05) is 0 Å². The van der Waals surface area contributed by atoms with E-state index in [4.69, 9.17) is 5.11 Å². The fourth-order valence-corrected chi connectivity index (χ4v) is 1.65. The number of carboxylic acid groups (broad SMARTS) is 1. The first-order valence-corrected chi connectivity index (χ1v) is 5.46. The molecule has 0 radical (unpaired) electrons. The summed E-state index contributed by atoms with van der Waals surface area (Å²) in [5.41, 5.74) is 2.64. The number of aryl methyl sites for hydroxylation is 2. The molecule has 0 aromatic heterocycles. The van der Waals surface area contributed by atoms with Crippen molar-refractivity contribution >= 4 is 5.97 Å². The van der Waals surface area contributed by atoms with Crippen molar-refractivity contribution in [2.24, 2.45) is 0 Å². The minimum atomic E-state index is -0.689. The second kappa shape index (κ2) is 6.23. The molecule has 1 aromatic rings. The van der Waals surface area contributed by atoms with Crippen LogP contribution in [0.3, 0.4) is 0 Å². The van der Waals surface area contributed by atoms with Crippen LogP contribution in [-0.2, 0) is 11.2 Å². The molecule has 0 heterocycles. The van der Waals surface area contributed by atoms with Crippen LogP contribution in [0.15, 0.2) is 24.3 Å². The summed E-state index contributed by atoms with van der Waals surface area (Å²) in [6, 6.07) is 8.48. The third-order valence-corrected chi connectivity index (χ3v) is 2.44. The molecule has 0 saturated heterocycles. The summed E-state index contributed by atoms with van der Waals surface area (Å²) in [6.45, 7) is 2.09. The van der Waals surface area contributed by atoms with Gasteiger partial charge < -0.3 is 5.11 Å².